The summed E-state index contributed by atoms with van der Waals surface area (Å²) in [5.74, 6) is -2.82. The van der Waals surface area contributed by atoms with E-state index in [1.807, 2.05) is 16.1 Å². The van der Waals surface area contributed by atoms with Gasteiger partial charge in [-0.3, -0.25) is 25.6 Å². The van der Waals surface area contributed by atoms with Gasteiger partial charge in [0.05, 0.1) is 0 Å². The molecular weight excluding hydrogens is 230 g/mol. The highest BCUT2D eigenvalue weighted by atomic mass is 16.2. The lowest BCUT2D eigenvalue weighted by atomic mass is 10.0. The number of carbonyl (C=O) groups excluding carboxylic acids is 4. The maximum absolute atomic E-state index is 11.4. The zero-order chi connectivity index (χ0) is 13.0. The molecule has 1 fully saturated rings. The van der Waals surface area contributed by atoms with Crippen LogP contribution in [0.1, 0.15) is 6.92 Å². The van der Waals surface area contributed by atoms with Gasteiger partial charge in [-0.05, 0) is 6.92 Å². The third kappa shape index (κ3) is 2.93. The van der Waals surface area contributed by atoms with E-state index >= 15 is 0 Å². The van der Waals surface area contributed by atoms with Gasteiger partial charge < -0.3 is 11.2 Å². The van der Waals surface area contributed by atoms with E-state index in [4.69, 9.17) is 5.73 Å². The van der Waals surface area contributed by atoms with E-state index in [0.717, 1.165) is 0 Å². The number of hydrogen-bond acceptors (Lipinski definition) is 5. The van der Waals surface area contributed by atoms with Crippen molar-refractivity contribution in [3.63, 3.8) is 0 Å². The van der Waals surface area contributed by atoms with Crippen molar-refractivity contribution >= 4 is 23.9 Å². The smallest absolute Gasteiger partial charge is 0.330 e. The number of urea groups is 2. The summed E-state index contributed by atoms with van der Waals surface area (Å²) < 4.78 is 0. The van der Waals surface area contributed by atoms with Crippen LogP contribution in [0.5, 0.6) is 0 Å². The summed E-state index contributed by atoms with van der Waals surface area (Å²) in [5, 5.41) is 3.86. The number of hydrogen-bond donors (Lipinski definition) is 5. The SMILES string of the molecule is C/C=C(\NNC(N)=O)C1C(=O)NC(=O)NC1=O. The standard InChI is InChI=1S/C8H11N5O4/c1-2-3(12-13-7(9)16)4-5(14)10-8(17)11-6(4)15/h2,4,12H,1H3,(H3,9,13,16)(H2,10,11,14,15,17)/b3-2-. The molecule has 6 N–H and O–H groups in total. The molecular formula is C8H11N5O4. The number of nitrogens with one attached hydrogen (secondary N) is 4. The number of nitrogens with two attached hydrogens (primary N) is 1. The lowest BCUT2D eigenvalue weighted by molar-refractivity contribution is -0.134. The lowest BCUT2D eigenvalue weighted by Crippen LogP contribution is -2.58. The first-order chi connectivity index (χ1) is 7.95. The Kier molecular flexibility index (Phi) is 3.65. The molecule has 1 saturated heterocycles. The zero-order valence-electron chi connectivity index (χ0n) is 8.87. The molecule has 9 heteroatoms. The Morgan fingerprint density at radius 1 is 1.24 bits per heavy atom. The number of barbiturate groups is 1. The first-order valence-electron chi connectivity index (χ1n) is 4.59. The minimum absolute atomic E-state index is 0.103. The van der Waals surface area contributed by atoms with Gasteiger partial charge in [0.15, 0.2) is 5.92 Å². The first-order valence-corrected chi connectivity index (χ1v) is 4.59. The minimum Gasteiger partial charge on any atom is -0.350 e. The van der Waals surface area contributed by atoms with E-state index in [1.165, 1.54) is 6.08 Å². The third-order valence-corrected chi connectivity index (χ3v) is 1.95. The quantitative estimate of drug-likeness (QED) is 0.288. The second kappa shape index (κ2) is 4.96. The summed E-state index contributed by atoms with van der Waals surface area (Å²) in [7, 11) is 0. The fraction of sp³-hybridized carbons (Fsp3) is 0.250. The Bertz CT molecular complexity index is 396. The number of amides is 6. The van der Waals surface area contributed by atoms with E-state index < -0.39 is 29.8 Å². The van der Waals surface area contributed by atoms with Gasteiger partial charge >= 0.3 is 12.1 Å². The molecule has 1 rings (SSSR count). The molecule has 0 aromatic heterocycles. The monoisotopic (exact) mass is 241 g/mol. The molecule has 0 saturated carbocycles. The molecule has 0 aliphatic carbocycles. The largest absolute Gasteiger partial charge is 0.350 e. The van der Waals surface area contributed by atoms with Crippen molar-refractivity contribution in [2.24, 2.45) is 11.7 Å². The molecule has 0 spiro atoms. The van der Waals surface area contributed by atoms with Crippen molar-refractivity contribution in [2.75, 3.05) is 0 Å². The van der Waals surface area contributed by atoms with Gasteiger partial charge in [-0.25, -0.2) is 9.59 Å². The van der Waals surface area contributed by atoms with Crippen LogP contribution in [-0.4, -0.2) is 23.9 Å². The molecule has 1 heterocycles. The van der Waals surface area contributed by atoms with Crippen LogP contribution in [0, 0.1) is 5.92 Å². The average molecular weight is 241 g/mol. The molecule has 0 aromatic carbocycles. The number of allylic oxidation sites excluding steroid dienone is 1. The number of rotatable bonds is 3. The van der Waals surface area contributed by atoms with Gasteiger partial charge in [-0.1, -0.05) is 6.08 Å². The van der Waals surface area contributed by atoms with Crippen LogP contribution in [0.3, 0.4) is 0 Å². The molecule has 1 aliphatic heterocycles. The molecule has 92 valence electrons. The number of hydrazine groups is 1. The fourth-order valence-corrected chi connectivity index (χ4v) is 1.25. The van der Waals surface area contributed by atoms with E-state index in [2.05, 4.69) is 5.43 Å². The Morgan fingerprint density at radius 3 is 2.18 bits per heavy atom. The van der Waals surface area contributed by atoms with Gasteiger partial charge in [0, 0.05) is 5.70 Å². The van der Waals surface area contributed by atoms with Crippen LogP contribution < -0.4 is 27.2 Å². The summed E-state index contributed by atoms with van der Waals surface area (Å²) in [6.07, 6.45) is 1.40. The van der Waals surface area contributed by atoms with E-state index in [9.17, 15) is 19.2 Å². The summed E-state index contributed by atoms with van der Waals surface area (Å²) in [6, 6.07) is -1.76. The molecule has 9 nitrogen and oxygen atoms in total. The molecule has 0 aromatic rings. The normalized spacial score (nSPS) is 17.2. The molecule has 17 heavy (non-hydrogen) atoms. The second-order valence-corrected chi connectivity index (χ2v) is 3.10. The van der Waals surface area contributed by atoms with Crippen molar-refractivity contribution < 1.29 is 19.2 Å². The predicted molar refractivity (Wildman–Crippen MR) is 54.8 cm³/mol. The fourth-order valence-electron chi connectivity index (χ4n) is 1.25. The van der Waals surface area contributed by atoms with Crippen LogP contribution >= 0.6 is 0 Å². The van der Waals surface area contributed by atoms with Crippen LogP contribution in [0.15, 0.2) is 11.8 Å². The molecule has 0 bridgehead atoms. The van der Waals surface area contributed by atoms with Crippen molar-refractivity contribution in [3.8, 4) is 0 Å². The van der Waals surface area contributed by atoms with E-state index in [0.29, 0.717) is 0 Å². The molecule has 0 radical (unpaired) electrons. The van der Waals surface area contributed by atoms with Crippen LogP contribution in [0.2, 0.25) is 0 Å². The number of primary amides is 1. The zero-order valence-corrected chi connectivity index (χ0v) is 8.87. The van der Waals surface area contributed by atoms with E-state index in [1.54, 1.807) is 6.92 Å². The summed E-state index contributed by atoms with van der Waals surface area (Å²) in [5.41, 5.74) is 9.26. The highest BCUT2D eigenvalue weighted by Gasteiger charge is 2.36. The van der Waals surface area contributed by atoms with Crippen molar-refractivity contribution in [1.29, 1.82) is 0 Å². The van der Waals surface area contributed by atoms with Gasteiger partial charge in [0.1, 0.15) is 0 Å². The molecule has 0 atom stereocenters. The topological polar surface area (TPSA) is 142 Å². The second-order valence-electron chi connectivity index (χ2n) is 3.10. The highest BCUT2D eigenvalue weighted by molar-refractivity contribution is 6.17. The Morgan fingerprint density at radius 2 is 1.76 bits per heavy atom. The summed E-state index contributed by atoms with van der Waals surface area (Å²) in [6.45, 7) is 1.54. The average Bonchev–Trinajstić information content (AvgIpc) is 2.21. The van der Waals surface area contributed by atoms with Gasteiger partial charge in [0.2, 0.25) is 11.8 Å². The van der Waals surface area contributed by atoms with Crippen LogP contribution in [0.25, 0.3) is 0 Å². The van der Waals surface area contributed by atoms with E-state index in [-0.39, 0.29) is 5.70 Å². The van der Waals surface area contributed by atoms with Crippen LogP contribution in [-0.2, 0) is 9.59 Å². The number of carbonyl (C=O) groups is 4. The van der Waals surface area contributed by atoms with Crippen molar-refractivity contribution in [1.82, 2.24) is 21.5 Å². The molecule has 0 unspecified atom stereocenters. The van der Waals surface area contributed by atoms with Crippen molar-refractivity contribution in [2.45, 2.75) is 6.92 Å². The van der Waals surface area contributed by atoms with Gasteiger partial charge in [-0.15, -0.1) is 0 Å². The molecule has 6 amide bonds. The third-order valence-electron chi connectivity index (χ3n) is 1.95. The first kappa shape index (κ1) is 12.5. The lowest BCUT2D eigenvalue weighted by Gasteiger charge is -2.23. The molecule has 1 aliphatic rings. The Balaban J connectivity index is 2.81. The van der Waals surface area contributed by atoms with Crippen LogP contribution in [0.4, 0.5) is 9.59 Å². The minimum atomic E-state index is -1.25. The predicted octanol–water partition coefficient (Wildman–Crippen LogP) is -1.95. The Hall–Kier alpha value is -2.58. The summed E-state index contributed by atoms with van der Waals surface area (Å²) in [4.78, 5) is 44.2. The maximum atomic E-state index is 11.4. The van der Waals surface area contributed by atoms with Crippen molar-refractivity contribution in [3.05, 3.63) is 11.8 Å². The maximum Gasteiger partial charge on any atom is 0.330 e. The van der Waals surface area contributed by atoms with Gasteiger partial charge in [0.25, 0.3) is 0 Å². The van der Waals surface area contributed by atoms with Gasteiger partial charge in [-0.2, -0.15) is 0 Å². The highest BCUT2D eigenvalue weighted by Crippen LogP contribution is 2.10. The Labute approximate surface area is 95.8 Å². The number of imide groups is 2. The summed E-state index contributed by atoms with van der Waals surface area (Å²) >= 11 is 0.